The van der Waals surface area contributed by atoms with E-state index >= 15 is 0 Å². The van der Waals surface area contributed by atoms with E-state index in [-0.39, 0.29) is 12.5 Å². The number of carbonyl (C=O) groups excluding carboxylic acids is 1. The molecule has 3 aromatic rings. The van der Waals surface area contributed by atoms with Gasteiger partial charge in [-0.2, -0.15) is 5.10 Å². The van der Waals surface area contributed by atoms with Crippen LogP contribution in [-0.2, 0) is 4.79 Å². The van der Waals surface area contributed by atoms with Crippen LogP contribution in [0.3, 0.4) is 0 Å². The van der Waals surface area contributed by atoms with Crippen molar-refractivity contribution in [2.75, 3.05) is 11.9 Å². The van der Waals surface area contributed by atoms with Crippen molar-refractivity contribution in [3.63, 3.8) is 0 Å². The van der Waals surface area contributed by atoms with Gasteiger partial charge in [0.1, 0.15) is 18.4 Å². The van der Waals surface area contributed by atoms with Crippen molar-refractivity contribution in [2.24, 2.45) is 0 Å². The molecule has 2 aromatic heterocycles. The summed E-state index contributed by atoms with van der Waals surface area (Å²) in [6.45, 7) is -0.215. The zero-order valence-electron chi connectivity index (χ0n) is 12.2. The van der Waals surface area contributed by atoms with Crippen LogP contribution < -0.4 is 10.1 Å². The molecule has 0 saturated heterocycles. The summed E-state index contributed by atoms with van der Waals surface area (Å²) >= 11 is 11.8. The van der Waals surface area contributed by atoms with Crippen LogP contribution in [0.1, 0.15) is 0 Å². The van der Waals surface area contributed by atoms with Crippen molar-refractivity contribution in [1.82, 2.24) is 19.7 Å². The predicted molar refractivity (Wildman–Crippen MR) is 89.7 cm³/mol. The topological polar surface area (TPSA) is 81.9 Å². The molecule has 9 heteroatoms. The minimum Gasteiger partial charge on any atom is -0.482 e. The lowest BCUT2D eigenvalue weighted by molar-refractivity contribution is -0.118. The SMILES string of the molecule is O=C(COc1ccc(Cl)cc1Cl)Nc1cccnc1-n1cncn1. The van der Waals surface area contributed by atoms with Crippen molar-refractivity contribution in [2.45, 2.75) is 0 Å². The van der Waals surface area contributed by atoms with Crippen LogP contribution in [0, 0.1) is 0 Å². The first-order valence-electron chi connectivity index (χ1n) is 6.81. The maximum Gasteiger partial charge on any atom is 0.262 e. The quantitative estimate of drug-likeness (QED) is 0.753. The molecule has 3 rings (SSSR count). The first-order valence-corrected chi connectivity index (χ1v) is 7.57. The normalized spacial score (nSPS) is 10.4. The molecule has 0 aliphatic carbocycles. The van der Waals surface area contributed by atoms with E-state index in [1.807, 2.05) is 0 Å². The number of rotatable bonds is 5. The van der Waals surface area contributed by atoms with Gasteiger partial charge in [-0.25, -0.2) is 14.6 Å². The highest BCUT2D eigenvalue weighted by Gasteiger charge is 2.11. The van der Waals surface area contributed by atoms with Crippen LogP contribution >= 0.6 is 23.2 Å². The van der Waals surface area contributed by atoms with E-state index in [0.717, 1.165) is 0 Å². The van der Waals surface area contributed by atoms with E-state index < -0.39 is 0 Å². The molecule has 0 aliphatic heterocycles. The highest BCUT2D eigenvalue weighted by molar-refractivity contribution is 6.35. The summed E-state index contributed by atoms with van der Waals surface area (Å²) in [6, 6.07) is 8.18. The molecule has 0 atom stereocenters. The number of nitrogens with one attached hydrogen (secondary N) is 1. The van der Waals surface area contributed by atoms with Crippen LogP contribution in [0.2, 0.25) is 10.0 Å². The Hall–Kier alpha value is -2.64. The molecule has 1 amide bonds. The van der Waals surface area contributed by atoms with Gasteiger partial charge in [-0.3, -0.25) is 4.79 Å². The van der Waals surface area contributed by atoms with Gasteiger partial charge in [0, 0.05) is 11.2 Å². The summed E-state index contributed by atoms with van der Waals surface area (Å²) in [5.41, 5.74) is 0.485. The molecule has 0 aliphatic rings. The second-order valence-corrected chi connectivity index (χ2v) is 5.47. The standard InChI is InChI=1S/C15H11Cl2N5O2/c16-10-3-4-13(11(17)6-10)24-7-14(23)21-12-2-1-5-19-15(12)22-9-18-8-20-22/h1-6,8-9H,7H2,(H,21,23). The summed E-state index contributed by atoms with van der Waals surface area (Å²) < 4.78 is 6.85. The molecular formula is C15H11Cl2N5O2. The molecule has 1 aromatic carbocycles. The second kappa shape index (κ2) is 7.29. The first-order chi connectivity index (χ1) is 11.6. The number of aromatic nitrogens is 4. The number of pyridine rings is 1. The van der Waals surface area contributed by atoms with E-state index in [0.29, 0.717) is 27.3 Å². The van der Waals surface area contributed by atoms with Gasteiger partial charge < -0.3 is 10.1 Å². The number of nitrogens with zero attached hydrogens (tertiary/aromatic N) is 4. The molecule has 0 spiro atoms. The lowest BCUT2D eigenvalue weighted by Gasteiger charge is -2.11. The van der Waals surface area contributed by atoms with Crippen LogP contribution in [0.25, 0.3) is 5.82 Å². The van der Waals surface area contributed by atoms with E-state index in [1.165, 1.54) is 17.3 Å². The molecule has 0 saturated carbocycles. The summed E-state index contributed by atoms with van der Waals surface area (Å²) in [6.07, 6.45) is 4.46. The molecule has 1 N–H and O–H groups in total. The zero-order valence-corrected chi connectivity index (χ0v) is 13.7. The molecule has 0 fully saturated rings. The minimum absolute atomic E-state index is 0.215. The van der Waals surface area contributed by atoms with Gasteiger partial charge in [-0.1, -0.05) is 23.2 Å². The molecule has 2 heterocycles. The van der Waals surface area contributed by atoms with E-state index in [4.69, 9.17) is 27.9 Å². The lowest BCUT2D eigenvalue weighted by atomic mass is 10.3. The predicted octanol–water partition coefficient (Wildman–Crippen LogP) is 2.99. The second-order valence-electron chi connectivity index (χ2n) is 4.63. The Morgan fingerprint density at radius 2 is 2.17 bits per heavy atom. The van der Waals surface area contributed by atoms with Gasteiger partial charge in [-0.05, 0) is 30.3 Å². The van der Waals surface area contributed by atoms with Gasteiger partial charge in [0.2, 0.25) is 0 Å². The number of benzene rings is 1. The average molecular weight is 364 g/mol. The van der Waals surface area contributed by atoms with E-state index in [9.17, 15) is 4.79 Å². The Labute approximate surface area is 147 Å². The van der Waals surface area contributed by atoms with Crippen molar-refractivity contribution < 1.29 is 9.53 Å². The fourth-order valence-corrected chi connectivity index (χ4v) is 2.38. The summed E-state index contributed by atoms with van der Waals surface area (Å²) in [5, 5.41) is 7.54. The maximum atomic E-state index is 12.1. The van der Waals surface area contributed by atoms with Gasteiger partial charge in [0.05, 0.1) is 10.7 Å². The average Bonchev–Trinajstić information content (AvgIpc) is 3.09. The lowest BCUT2D eigenvalue weighted by Crippen LogP contribution is -2.21. The summed E-state index contributed by atoms with van der Waals surface area (Å²) in [7, 11) is 0. The Morgan fingerprint density at radius 1 is 1.29 bits per heavy atom. The smallest absolute Gasteiger partial charge is 0.262 e. The number of anilines is 1. The summed E-state index contributed by atoms with van der Waals surface area (Å²) in [5.74, 6) is 0.460. The van der Waals surface area contributed by atoms with E-state index in [1.54, 1.807) is 36.5 Å². The first kappa shape index (κ1) is 16.2. The zero-order chi connectivity index (χ0) is 16.9. The van der Waals surface area contributed by atoms with Crippen LogP contribution in [0.4, 0.5) is 5.69 Å². The van der Waals surface area contributed by atoms with Crippen LogP contribution in [0.5, 0.6) is 5.75 Å². The Bertz CT molecular complexity index is 855. The van der Waals surface area contributed by atoms with Crippen molar-refractivity contribution >= 4 is 34.8 Å². The van der Waals surface area contributed by atoms with Crippen LogP contribution in [0.15, 0.2) is 49.2 Å². The van der Waals surface area contributed by atoms with Gasteiger partial charge in [0.25, 0.3) is 5.91 Å². The molecular weight excluding hydrogens is 353 g/mol. The van der Waals surface area contributed by atoms with Gasteiger partial charge in [-0.15, -0.1) is 0 Å². The van der Waals surface area contributed by atoms with E-state index in [2.05, 4.69) is 20.4 Å². The van der Waals surface area contributed by atoms with Crippen LogP contribution in [-0.4, -0.2) is 32.3 Å². The maximum absolute atomic E-state index is 12.1. The Balaban J connectivity index is 1.67. The molecule has 24 heavy (non-hydrogen) atoms. The Morgan fingerprint density at radius 3 is 2.92 bits per heavy atom. The highest BCUT2D eigenvalue weighted by atomic mass is 35.5. The van der Waals surface area contributed by atoms with Crippen molar-refractivity contribution in [3.05, 3.63) is 59.2 Å². The number of carbonyl (C=O) groups is 1. The highest BCUT2D eigenvalue weighted by Crippen LogP contribution is 2.27. The number of ether oxygens (including phenoxy) is 1. The molecule has 0 radical (unpaired) electrons. The fraction of sp³-hybridized carbons (Fsp3) is 0.0667. The fourth-order valence-electron chi connectivity index (χ4n) is 1.92. The van der Waals surface area contributed by atoms with Gasteiger partial charge >= 0.3 is 0 Å². The number of hydrogen-bond donors (Lipinski definition) is 1. The monoisotopic (exact) mass is 363 g/mol. The number of halogens is 2. The third kappa shape index (κ3) is 3.81. The molecule has 0 unspecified atom stereocenters. The third-order valence-electron chi connectivity index (χ3n) is 2.95. The molecule has 0 bridgehead atoms. The largest absolute Gasteiger partial charge is 0.482 e. The number of hydrogen-bond acceptors (Lipinski definition) is 5. The van der Waals surface area contributed by atoms with Crippen molar-refractivity contribution in [3.8, 4) is 11.6 Å². The third-order valence-corrected chi connectivity index (χ3v) is 3.48. The van der Waals surface area contributed by atoms with Crippen molar-refractivity contribution in [1.29, 1.82) is 0 Å². The molecule has 122 valence electrons. The van der Waals surface area contributed by atoms with Gasteiger partial charge in [0.15, 0.2) is 12.4 Å². The minimum atomic E-state index is -0.365. The summed E-state index contributed by atoms with van der Waals surface area (Å²) in [4.78, 5) is 20.2. The number of amides is 1. The Kier molecular flexibility index (Phi) is 4.93. The molecule has 7 nitrogen and oxygen atoms in total.